The predicted octanol–water partition coefficient (Wildman–Crippen LogP) is 3.96. The quantitative estimate of drug-likeness (QED) is 0.824. The summed E-state index contributed by atoms with van der Waals surface area (Å²) in [5, 5.41) is 17.1. The number of hydrazone groups is 1. The molecule has 8 heteroatoms. The normalized spacial score (nSPS) is 21.0. The number of hydrogen-bond acceptors (Lipinski definition) is 4. The molecule has 0 radical (unpaired) electrons. The highest BCUT2D eigenvalue weighted by Gasteiger charge is 2.30. The van der Waals surface area contributed by atoms with E-state index in [-0.39, 0.29) is 5.56 Å². The number of carbonyl (C=O) groups is 1. The first-order valence-electron chi connectivity index (χ1n) is 9.04. The van der Waals surface area contributed by atoms with Gasteiger partial charge in [-0.25, -0.2) is 18.6 Å². The van der Waals surface area contributed by atoms with Crippen LogP contribution in [0.15, 0.2) is 70.8 Å². The third-order valence-corrected chi connectivity index (χ3v) is 4.57. The minimum absolute atomic E-state index is 0.184. The molecule has 148 valence electrons. The molecule has 2 aromatic carbocycles. The fourth-order valence-corrected chi connectivity index (χ4v) is 3.09. The van der Waals surface area contributed by atoms with Crippen LogP contribution in [0.4, 0.5) is 13.6 Å². The van der Waals surface area contributed by atoms with E-state index >= 15 is 0 Å². The molecule has 0 aromatic heterocycles. The van der Waals surface area contributed by atoms with Crippen molar-refractivity contribution >= 4 is 23.2 Å². The van der Waals surface area contributed by atoms with Crippen molar-refractivity contribution in [3.63, 3.8) is 0 Å². The zero-order valence-electron chi connectivity index (χ0n) is 15.8. The maximum Gasteiger partial charge on any atom is 0.345 e. The lowest BCUT2D eigenvalue weighted by molar-refractivity contribution is 0.191. The second-order valence-corrected chi connectivity index (χ2v) is 6.68. The molecule has 30 heavy (non-hydrogen) atoms. The largest absolute Gasteiger partial charge is 0.345 e. The maximum atomic E-state index is 14.4. The van der Waals surface area contributed by atoms with E-state index in [0.717, 1.165) is 11.1 Å². The first-order valence-corrected chi connectivity index (χ1v) is 9.04. The fourth-order valence-electron chi connectivity index (χ4n) is 3.09. The Morgan fingerprint density at radius 1 is 1.13 bits per heavy atom. The minimum Gasteiger partial charge on any atom is -0.290 e. The Hall–Kier alpha value is -4.12. The number of nitrogens with zero attached hydrogens (tertiary/aromatic N) is 4. The summed E-state index contributed by atoms with van der Waals surface area (Å²) in [6.45, 7) is 1.70. The summed E-state index contributed by atoms with van der Waals surface area (Å²) in [5.41, 5.74) is 2.23. The number of benzene rings is 2. The number of amidine groups is 1. The topological polar surface area (TPSA) is 80.9 Å². The van der Waals surface area contributed by atoms with E-state index in [9.17, 15) is 13.6 Å². The van der Waals surface area contributed by atoms with Gasteiger partial charge in [-0.15, -0.1) is 0 Å². The van der Waals surface area contributed by atoms with Crippen molar-refractivity contribution in [3.8, 4) is 6.07 Å². The van der Waals surface area contributed by atoms with Crippen molar-refractivity contribution in [3.05, 3.63) is 89.0 Å². The first kappa shape index (κ1) is 19.2. The molecule has 0 fully saturated rings. The molecule has 0 saturated heterocycles. The van der Waals surface area contributed by atoms with Crippen LogP contribution < -0.4 is 5.32 Å². The molecule has 6 nitrogen and oxygen atoms in total. The highest BCUT2D eigenvalue weighted by Crippen LogP contribution is 2.25. The molecular weight excluding hydrogens is 388 g/mol. The van der Waals surface area contributed by atoms with Crippen LogP contribution in [0.2, 0.25) is 0 Å². The third-order valence-electron chi connectivity index (χ3n) is 4.57. The summed E-state index contributed by atoms with van der Waals surface area (Å²) in [5.74, 6) is -1.09. The average Bonchev–Trinajstić information content (AvgIpc) is 2.72. The number of aliphatic imine (C=N–C) groups is 1. The van der Waals surface area contributed by atoms with Crippen LogP contribution >= 0.6 is 0 Å². The van der Waals surface area contributed by atoms with Gasteiger partial charge in [0.15, 0.2) is 6.17 Å². The molecule has 2 aliphatic rings. The standard InChI is InChI=1S/C22H15F2N5O/c1-13-2-5-16(18-9-8-17(23)11-19(18)24)10-20-26-21(27-22(30)29(20)28-13)15-6-3-14(12-25)4-7-15/h2-11,20H,1H3,(H,26,27,30)/b5-2-,16-10?,28-13-. The second kappa shape index (κ2) is 7.72. The number of amides is 2. The van der Waals surface area contributed by atoms with Gasteiger partial charge >= 0.3 is 6.03 Å². The molecule has 2 amide bonds. The number of hydrogen-bond donors (Lipinski definition) is 1. The smallest absolute Gasteiger partial charge is 0.290 e. The third kappa shape index (κ3) is 3.73. The highest BCUT2D eigenvalue weighted by molar-refractivity contribution is 6.09. The monoisotopic (exact) mass is 403 g/mol. The molecule has 2 heterocycles. The molecule has 4 rings (SSSR count). The van der Waals surface area contributed by atoms with Gasteiger partial charge in [0.05, 0.1) is 17.3 Å². The van der Waals surface area contributed by atoms with Crippen molar-refractivity contribution in [1.29, 1.82) is 5.26 Å². The van der Waals surface area contributed by atoms with Crippen LogP contribution in [0.25, 0.3) is 5.57 Å². The molecule has 0 bridgehead atoms. The number of allylic oxidation sites excluding steroid dienone is 3. The number of nitrogens with one attached hydrogen (secondary N) is 1. The number of rotatable bonds is 2. The number of halogens is 2. The van der Waals surface area contributed by atoms with Gasteiger partial charge in [-0.2, -0.15) is 15.4 Å². The van der Waals surface area contributed by atoms with Crippen molar-refractivity contribution in [2.24, 2.45) is 10.1 Å². The maximum absolute atomic E-state index is 14.4. The molecule has 0 saturated carbocycles. The van der Waals surface area contributed by atoms with Crippen molar-refractivity contribution in [2.75, 3.05) is 0 Å². The number of urea groups is 1. The van der Waals surface area contributed by atoms with Crippen LogP contribution in [0.1, 0.15) is 23.6 Å². The van der Waals surface area contributed by atoms with E-state index in [2.05, 4.69) is 15.4 Å². The SMILES string of the molecule is CC1=N/N2C(=O)NC(c3ccc(C#N)cc3)=NC2C=C(c2ccc(F)cc2F)/C=C\1. The van der Waals surface area contributed by atoms with E-state index in [1.165, 1.54) is 12.1 Å². The summed E-state index contributed by atoms with van der Waals surface area (Å²) >= 11 is 0. The lowest BCUT2D eigenvalue weighted by atomic mass is 10.0. The van der Waals surface area contributed by atoms with Gasteiger partial charge in [-0.3, -0.25) is 5.32 Å². The Morgan fingerprint density at radius 2 is 1.90 bits per heavy atom. The van der Waals surface area contributed by atoms with Gasteiger partial charge in [0.25, 0.3) is 0 Å². The lowest BCUT2D eigenvalue weighted by Crippen LogP contribution is -2.50. The zero-order chi connectivity index (χ0) is 21.3. The van der Waals surface area contributed by atoms with Gasteiger partial charge < -0.3 is 0 Å². The Morgan fingerprint density at radius 3 is 2.60 bits per heavy atom. The number of fused-ring (bicyclic) bond motifs is 1. The summed E-state index contributed by atoms with van der Waals surface area (Å²) < 4.78 is 27.7. The summed E-state index contributed by atoms with van der Waals surface area (Å²) in [4.78, 5) is 17.3. The van der Waals surface area contributed by atoms with E-state index in [0.29, 0.717) is 28.2 Å². The number of nitriles is 1. The Labute approximate surface area is 171 Å². The summed E-state index contributed by atoms with van der Waals surface area (Å²) in [6.07, 6.45) is 4.03. The molecule has 0 aliphatic carbocycles. The number of carbonyl (C=O) groups excluding carboxylic acids is 1. The fraction of sp³-hybridized carbons (Fsp3) is 0.0909. The Balaban J connectivity index is 1.81. The Kier molecular flexibility index (Phi) is 4.94. The van der Waals surface area contributed by atoms with E-state index < -0.39 is 23.8 Å². The molecule has 2 aliphatic heterocycles. The summed E-state index contributed by atoms with van der Waals surface area (Å²) in [6, 6.07) is 11.4. The van der Waals surface area contributed by atoms with Gasteiger partial charge in [0.1, 0.15) is 17.5 Å². The van der Waals surface area contributed by atoms with Crippen molar-refractivity contribution in [2.45, 2.75) is 13.1 Å². The molecule has 1 atom stereocenters. The Bertz CT molecular complexity index is 1190. The van der Waals surface area contributed by atoms with Crippen LogP contribution in [-0.2, 0) is 0 Å². The first-order chi connectivity index (χ1) is 14.4. The van der Waals surface area contributed by atoms with E-state index in [1.807, 2.05) is 6.07 Å². The van der Waals surface area contributed by atoms with Crippen LogP contribution in [0.5, 0.6) is 0 Å². The molecule has 1 unspecified atom stereocenters. The lowest BCUT2D eigenvalue weighted by Gasteiger charge is -2.30. The molecule has 2 aromatic rings. The van der Waals surface area contributed by atoms with Crippen LogP contribution in [-0.4, -0.2) is 28.8 Å². The highest BCUT2D eigenvalue weighted by atomic mass is 19.1. The predicted molar refractivity (Wildman–Crippen MR) is 108 cm³/mol. The van der Waals surface area contributed by atoms with Gasteiger partial charge in [-0.1, -0.05) is 6.08 Å². The van der Waals surface area contributed by atoms with Gasteiger partial charge in [0.2, 0.25) is 0 Å². The van der Waals surface area contributed by atoms with Crippen molar-refractivity contribution < 1.29 is 13.6 Å². The van der Waals surface area contributed by atoms with Crippen LogP contribution in [0.3, 0.4) is 0 Å². The second-order valence-electron chi connectivity index (χ2n) is 6.68. The van der Waals surface area contributed by atoms with Crippen LogP contribution in [0, 0.1) is 23.0 Å². The van der Waals surface area contributed by atoms with E-state index in [1.54, 1.807) is 49.4 Å². The van der Waals surface area contributed by atoms with Gasteiger partial charge in [0, 0.05) is 17.2 Å². The van der Waals surface area contributed by atoms with E-state index in [4.69, 9.17) is 5.26 Å². The average molecular weight is 403 g/mol. The molecule has 0 spiro atoms. The van der Waals surface area contributed by atoms with Crippen molar-refractivity contribution in [1.82, 2.24) is 10.3 Å². The zero-order valence-corrected chi connectivity index (χ0v) is 15.8. The van der Waals surface area contributed by atoms with Gasteiger partial charge in [-0.05, 0) is 61.0 Å². The minimum atomic E-state index is -0.844. The summed E-state index contributed by atoms with van der Waals surface area (Å²) in [7, 11) is 0. The molecular formula is C22H15F2N5O. The molecule has 1 N–H and O–H groups in total.